The molecule has 0 bridgehead atoms. The number of rotatable bonds is 8. The van der Waals surface area contributed by atoms with Gasteiger partial charge in [0.2, 0.25) is 0 Å². The Morgan fingerprint density at radius 2 is 1.56 bits per heavy atom. The van der Waals surface area contributed by atoms with Crippen molar-refractivity contribution in [2.75, 3.05) is 5.32 Å². The summed E-state index contributed by atoms with van der Waals surface area (Å²) in [6, 6.07) is 15.5. The van der Waals surface area contributed by atoms with Gasteiger partial charge in [0.25, 0.3) is 5.91 Å². The van der Waals surface area contributed by atoms with Gasteiger partial charge in [-0.1, -0.05) is 18.5 Å². The molecule has 0 aliphatic heterocycles. The number of benzene rings is 2. The second-order valence-electron chi connectivity index (χ2n) is 8.37. The number of anilines is 1. The first-order chi connectivity index (χ1) is 18.8. The van der Waals surface area contributed by atoms with E-state index in [2.05, 4.69) is 15.3 Å². The first kappa shape index (κ1) is 25.7. The molecule has 0 spiro atoms. The number of amides is 1. The summed E-state index contributed by atoms with van der Waals surface area (Å²) in [4.78, 5) is 46.4. The van der Waals surface area contributed by atoms with Crippen LogP contribution in [0.2, 0.25) is 5.02 Å². The molecule has 0 aliphatic rings. The summed E-state index contributed by atoms with van der Waals surface area (Å²) in [5, 5.41) is 11.9. The van der Waals surface area contributed by atoms with Crippen LogP contribution in [-0.2, 0) is 9.53 Å². The lowest BCUT2D eigenvalue weighted by atomic mass is 10.1. The molecule has 0 radical (unpaired) electrons. The zero-order valence-electron chi connectivity index (χ0n) is 20.4. The summed E-state index contributed by atoms with van der Waals surface area (Å²) in [7, 11) is 0. The Bertz CT molecular complexity index is 1680. The minimum atomic E-state index is -1.17. The van der Waals surface area contributed by atoms with Crippen molar-refractivity contribution in [3.05, 3.63) is 89.3 Å². The summed E-state index contributed by atoms with van der Waals surface area (Å²) >= 11 is 6.10. The average molecular weight is 546 g/mol. The fourth-order valence-corrected chi connectivity index (χ4v) is 4.00. The van der Waals surface area contributed by atoms with E-state index in [1.54, 1.807) is 37.3 Å². The Morgan fingerprint density at radius 3 is 2.15 bits per heavy atom. The normalized spacial score (nSPS) is 11.7. The molecular weight excluding hydrogens is 526 g/mol. The van der Waals surface area contributed by atoms with Crippen LogP contribution in [0.15, 0.2) is 82.0 Å². The second kappa shape index (κ2) is 10.8. The van der Waals surface area contributed by atoms with Crippen LogP contribution < -0.4 is 5.32 Å². The van der Waals surface area contributed by atoms with Crippen molar-refractivity contribution >= 4 is 46.2 Å². The van der Waals surface area contributed by atoms with Crippen LogP contribution in [0.4, 0.5) is 5.69 Å². The number of carbonyl (C=O) groups excluding carboxylic acids is 2. The number of aromatic carboxylic acids is 1. The summed E-state index contributed by atoms with van der Waals surface area (Å²) < 4.78 is 16.5. The summed E-state index contributed by atoms with van der Waals surface area (Å²) in [6.45, 7) is 1.67. The minimum Gasteiger partial charge on any atom is -0.478 e. The molecule has 3 heterocycles. The first-order valence-corrected chi connectivity index (χ1v) is 12.2. The molecule has 0 aliphatic carbocycles. The Balaban J connectivity index is 1.40. The fraction of sp³-hybridized carbons (Fsp3) is 0.107. The number of halogens is 1. The Morgan fingerprint density at radius 1 is 0.923 bits per heavy atom. The Labute approximate surface area is 226 Å². The van der Waals surface area contributed by atoms with Gasteiger partial charge in [-0.15, -0.1) is 0 Å². The van der Waals surface area contributed by atoms with E-state index in [0.29, 0.717) is 33.9 Å². The lowest BCUT2D eigenvalue weighted by Crippen LogP contribution is -2.32. The van der Waals surface area contributed by atoms with Crippen LogP contribution in [0, 0.1) is 0 Å². The monoisotopic (exact) mass is 545 g/mol. The number of aromatic nitrogens is 2. The van der Waals surface area contributed by atoms with Gasteiger partial charge < -0.3 is 24.0 Å². The van der Waals surface area contributed by atoms with Gasteiger partial charge in [-0.3, -0.25) is 4.79 Å². The van der Waals surface area contributed by atoms with Crippen LogP contribution >= 0.6 is 11.6 Å². The lowest BCUT2D eigenvalue weighted by molar-refractivity contribution is -0.124. The van der Waals surface area contributed by atoms with Gasteiger partial charge in [0, 0.05) is 0 Å². The number of esters is 1. The Hall–Kier alpha value is -4.96. The van der Waals surface area contributed by atoms with E-state index in [-0.39, 0.29) is 28.3 Å². The highest BCUT2D eigenvalue weighted by Gasteiger charge is 2.24. The van der Waals surface area contributed by atoms with E-state index in [1.165, 1.54) is 42.9 Å². The molecule has 2 N–H and O–H groups in total. The van der Waals surface area contributed by atoms with Crippen LogP contribution in [0.1, 0.15) is 34.1 Å². The maximum Gasteiger partial charge on any atom is 0.338 e. The van der Waals surface area contributed by atoms with Crippen molar-refractivity contribution < 1.29 is 33.1 Å². The number of carboxylic acids is 1. The number of carbonyl (C=O) groups is 3. The molecule has 1 atom stereocenters. The van der Waals surface area contributed by atoms with Crippen molar-refractivity contribution in [1.82, 2.24) is 9.97 Å². The molecule has 5 aromatic rings. The lowest BCUT2D eigenvalue weighted by Gasteiger charge is -2.17. The van der Waals surface area contributed by atoms with Crippen molar-refractivity contribution in [3.8, 4) is 22.9 Å². The van der Waals surface area contributed by atoms with Gasteiger partial charge >= 0.3 is 11.9 Å². The zero-order valence-corrected chi connectivity index (χ0v) is 21.1. The highest BCUT2D eigenvalue weighted by atomic mass is 35.5. The molecule has 3 aromatic heterocycles. The molecule has 10 nitrogen and oxygen atoms in total. The molecule has 1 unspecified atom stereocenters. The molecule has 11 heteroatoms. The number of nitrogens with zero attached hydrogens (tertiary/aromatic N) is 2. The second-order valence-corrected chi connectivity index (χ2v) is 8.78. The van der Waals surface area contributed by atoms with Gasteiger partial charge in [0.05, 0.1) is 45.4 Å². The molecule has 0 fully saturated rings. The SMILES string of the molecule is CCC(OC(=O)c1ccc2nc(-c3ccco3)c(-c3ccco3)nc2c1)C(=O)Nc1cc(C(=O)O)ccc1Cl. The number of carboxylic acid groups (broad SMARTS) is 1. The van der Waals surface area contributed by atoms with Gasteiger partial charge in [-0.05, 0) is 67.1 Å². The third-order valence-electron chi connectivity index (χ3n) is 5.79. The van der Waals surface area contributed by atoms with Crippen LogP contribution in [0.5, 0.6) is 0 Å². The van der Waals surface area contributed by atoms with Gasteiger partial charge in [0.1, 0.15) is 11.4 Å². The predicted molar refractivity (Wildman–Crippen MR) is 141 cm³/mol. The standard InChI is InChI=1S/C28H20ClN3O7/c1-2-21(26(33)32-19-13-15(27(34)35)7-9-17(19)29)39-28(36)16-8-10-18-20(14-16)31-25(23-6-4-12-38-23)24(30-18)22-5-3-11-37-22/h3-14,21H,2H2,1H3,(H,32,33)(H,34,35). The number of nitrogens with one attached hydrogen (secondary N) is 1. The van der Waals surface area contributed by atoms with Crippen LogP contribution in [-0.4, -0.2) is 39.0 Å². The van der Waals surface area contributed by atoms with E-state index in [4.69, 9.17) is 25.2 Å². The van der Waals surface area contributed by atoms with Gasteiger partial charge in [-0.25, -0.2) is 19.6 Å². The number of fused-ring (bicyclic) bond motifs is 1. The molecule has 39 heavy (non-hydrogen) atoms. The van der Waals surface area contributed by atoms with E-state index in [0.717, 1.165) is 0 Å². The van der Waals surface area contributed by atoms with E-state index in [1.807, 2.05) is 0 Å². The highest BCUT2D eigenvalue weighted by molar-refractivity contribution is 6.34. The van der Waals surface area contributed by atoms with Crippen molar-refractivity contribution in [2.45, 2.75) is 19.4 Å². The van der Waals surface area contributed by atoms with E-state index >= 15 is 0 Å². The fourth-order valence-electron chi connectivity index (χ4n) is 3.84. The first-order valence-electron chi connectivity index (χ1n) is 11.8. The van der Waals surface area contributed by atoms with Crippen LogP contribution in [0.3, 0.4) is 0 Å². The van der Waals surface area contributed by atoms with E-state index in [9.17, 15) is 19.5 Å². The van der Waals surface area contributed by atoms with Crippen molar-refractivity contribution in [1.29, 1.82) is 0 Å². The minimum absolute atomic E-state index is 0.0545. The molecule has 5 rings (SSSR count). The molecule has 0 saturated carbocycles. The smallest absolute Gasteiger partial charge is 0.338 e. The third-order valence-corrected chi connectivity index (χ3v) is 6.12. The summed E-state index contributed by atoms with van der Waals surface area (Å²) in [5.74, 6) is -1.60. The largest absolute Gasteiger partial charge is 0.478 e. The quantitative estimate of drug-likeness (QED) is 0.222. The van der Waals surface area contributed by atoms with Crippen molar-refractivity contribution in [3.63, 3.8) is 0 Å². The number of furan rings is 2. The Kier molecular flexibility index (Phi) is 7.11. The van der Waals surface area contributed by atoms with Gasteiger partial charge in [0.15, 0.2) is 17.6 Å². The maximum absolute atomic E-state index is 13.0. The zero-order chi connectivity index (χ0) is 27.5. The summed E-state index contributed by atoms with van der Waals surface area (Å²) in [6.07, 6.45) is 2.05. The highest BCUT2D eigenvalue weighted by Crippen LogP contribution is 2.32. The maximum atomic E-state index is 13.0. The molecule has 0 saturated heterocycles. The number of ether oxygens (including phenoxy) is 1. The molecule has 1 amide bonds. The number of hydrogen-bond donors (Lipinski definition) is 2. The predicted octanol–water partition coefficient (Wildman–Crippen LogP) is 6.08. The van der Waals surface area contributed by atoms with Crippen LogP contribution in [0.25, 0.3) is 33.9 Å². The third kappa shape index (κ3) is 5.36. The molecule has 196 valence electrons. The topological polar surface area (TPSA) is 145 Å². The number of hydrogen-bond acceptors (Lipinski definition) is 8. The summed E-state index contributed by atoms with van der Waals surface area (Å²) in [5.41, 5.74) is 2.01. The molecule has 2 aromatic carbocycles. The van der Waals surface area contributed by atoms with E-state index < -0.39 is 23.9 Å². The average Bonchev–Trinajstić information content (AvgIpc) is 3.66. The van der Waals surface area contributed by atoms with Gasteiger partial charge in [-0.2, -0.15) is 0 Å². The van der Waals surface area contributed by atoms with Crippen molar-refractivity contribution in [2.24, 2.45) is 0 Å². The molecular formula is C28H20ClN3O7.